The number of aryl methyl sites for hydroxylation is 1. The molecule has 0 aromatic heterocycles. The largest absolute Gasteiger partial charge is 0.444 e. The lowest BCUT2D eigenvalue weighted by atomic mass is 10.1. The highest BCUT2D eigenvalue weighted by atomic mass is 79.9. The molecule has 0 radical (unpaired) electrons. The first-order chi connectivity index (χ1) is 10.2. The molecule has 0 fully saturated rings. The van der Waals surface area contributed by atoms with E-state index in [1.807, 2.05) is 20.8 Å². The molecule has 5 heteroatoms. The van der Waals surface area contributed by atoms with E-state index < -0.39 is 5.60 Å². The van der Waals surface area contributed by atoms with Crippen LogP contribution in [0.1, 0.15) is 38.3 Å². The van der Waals surface area contributed by atoms with Crippen molar-refractivity contribution in [3.63, 3.8) is 0 Å². The molecular formula is C17H27BrN2O2. The van der Waals surface area contributed by atoms with Gasteiger partial charge in [-0.1, -0.05) is 28.1 Å². The molecule has 0 aliphatic heterocycles. The first kappa shape index (κ1) is 19.0. The summed E-state index contributed by atoms with van der Waals surface area (Å²) in [6, 6.07) is 6.37. The summed E-state index contributed by atoms with van der Waals surface area (Å²) in [6.07, 6.45) is 0.623. The number of rotatable bonds is 6. The monoisotopic (exact) mass is 370 g/mol. The molecule has 1 aromatic rings. The van der Waals surface area contributed by atoms with Crippen molar-refractivity contribution in [1.82, 2.24) is 10.2 Å². The molecule has 4 nitrogen and oxygen atoms in total. The molecule has 1 aromatic carbocycles. The maximum atomic E-state index is 11.8. The van der Waals surface area contributed by atoms with Gasteiger partial charge < -0.3 is 15.0 Å². The number of ether oxygens (including phenoxy) is 1. The number of nitrogens with zero attached hydrogens (tertiary/aromatic N) is 1. The number of amides is 1. The Morgan fingerprint density at radius 1 is 1.36 bits per heavy atom. The molecule has 0 aliphatic carbocycles. The van der Waals surface area contributed by atoms with Crippen molar-refractivity contribution in [2.45, 2.75) is 46.3 Å². The molecule has 22 heavy (non-hydrogen) atoms. The van der Waals surface area contributed by atoms with Gasteiger partial charge in [0.05, 0.1) is 0 Å². The van der Waals surface area contributed by atoms with Gasteiger partial charge in [-0.05, 0) is 57.9 Å². The summed E-state index contributed by atoms with van der Waals surface area (Å²) >= 11 is 3.54. The summed E-state index contributed by atoms with van der Waals surface area (Å²) in [4.78, 5) is 13.4. The first-order valence-electron chi connectivity index (χ1n) is 7.59. The van der Waals surface area contributed by atoms with E-state index in [0.29, 0.717) is 6.54 Å². The van der Waals surface area contributed by atoms with Crippen LogP contribution in [-0.2, 0) is 11.3 Å². The number of carbonyl (C=O) groups excluding carboxylic acids is 1. The summed E-state index contributed by atoms with van der Waals surface area (Å²) < 4.78 is 6.45. The van der Waals surface area contributed by atoms with Crippen molar-refractivity contribution >= 4 is 22.0 Å². The minimum Gasteiger partial charge on any atom is -0.444 e. The van der Waals surface area contributed by atoms with E-state index in [4.69, 9.17) is 4.74 Å². The van der Waals surface area contributed by atoms with Crippen LogP contribution in [0.25, 0.3) is 0 Å². The molecule has 0 unspecified atom stereocenters. The summed E-state index contributed by atoms with van der Waals surface area (Å²) in [5.74, 6) is 0. The highest BCUT2D eigenvalue weighted by molar-refractivity contribution is 9.10. The second-order valence-corrected chi connectivity index (χ2v) is 7.37. The zero-order valence-electron chi connectivity index (χ0n) is 14.2. The Kier molecular flexibility index (Phi) is 7.36. The van der Waals surface area contributed by atoms with Gasteiger partial charge >= 0.3 is 6.09 Å². The maximum absolute atomic E-state index is 11.8. The maximum Gasteiger partial charge on any atom is 0.410 e. The Morgan fingerprint density at radius 2 is 2.05 bits per heavy atom. The molecule has 0 spiro atoms. The molecule has 0 saturated heterocycles. The third-order valence-corrected chi connectivity index (χ3v) is 3.97. The van der Waals surface area contributed by atoms with Gasteiger partial charge in [-0.3, -0.25) is 0 Å². The van der Waals surface area contributed by atoms with Gasteiger partial charge in [0, 0.05) is 24.6 Å². The van der Waals surface area contributed by atoms with Crippen molar-refractivity contribution in [3.8, 4) is 0 Å². The van der Waals surface area contributed by atoms with Crippen molar-refractivity contribution in [2.75, 3.05) is 20.1 Å². The predicted molar refractivity (Wildman–Crippen MR) is 94.1 cm³/mol. The lowest BCUT2D eigenvalue weighted by Crippen LogP contribution is -2.35. The second kappa shape index (κ2) is 8.53. The second-order valence-electron chi connectivity index (χ2n) is 6.52. The first-order valence-corrected chi connectivity index (χ1v) is 8.38. The van der Waals surface area contributed by atoms with Crippen LogP contribution < -0.4 is 5.32 Å². The fraction of sp³-hybridized carbons (Fsp3) is 0.588. The van der Waals surface area contributed by atoms with E-state index >= 15 is 0 Å². The van der Waals surface area contributed by atoms with E-state index in [1.54, 1.807) is 11.9 Å². The van der Waals surface area contributed by atoms with Crippen LogP contribution in [0, 0.1) is 6.92 Å². The van der Waals surface area contributed by atoms with Gasteiger partial charge in [-0.2, -0.15) is 0 Å². The fourth-order valence-electron chi connectivity index (χ4n) is 1.85. The minimum absolute atomic E-state index is 0.269. The Balaban J connectivity index is 2.22. The van der Waals surface area contributed by atoms with Crippen LogP contribution >= 0.6 is 15.9 Å². The number of carbonyl (C=O) groups is 1. The van der Waals surface area contributed by atoms with Crippen LogP contribution in [0.3, 0.4) is 0 Å². The van der Waals surface area contributed by atoms with Gasteiger partial charge in [0.2, 0.25) is 0 Å². The Morgan fingerprint density at radius 3 is 2.64 bits per heavy atom. The van der Waals surface area contributed by atoms with Crippen molar-refractivity contribution in [1.29, 1.82) is 0 Å². The van der Waals surface area contributed by atoms with Crippen LogP contribution in [0.15, 0.2) is 22.7 Å². The van der Waals surface area contributed by atoms with Gasteiger partial charge in [-0.15, -0.1) is 0 Å². The molecule has 1 rings (SSSR count). The SMILES string of the molecule is Cc1ccc(CNCCCN(C)C(=O)OC(C)(C)C)cc1Br. The average Bonchev–Trinajstić information content (AvgIpc) is 2.40. The number of nitrogens with one attached hydrogen (secondary N) is 1. The molecule has 0 heterocycles. The van der Waals surface area contributed by atoms with Gasteiger partial charge in [-0.25, -0.2) is 4.79 Å². The molecule has 124 valence electrons. The number of benzene rings is 1. The third-order valence-electron chi connectivity index (χ3n) is 3.12. The number of hydrogen-bond donors (Lipinski definition) is 1. The van der Waals surface area contributed by atoms with E-state index in [2.05, 4.69) is 46.4 Å². The van der Waals surface area contributed by atoms with Crippen molar-refractivity contribution in [3.05, 3.63) is 33.8 Å². The molecule has 1 amide bonds. The Labute approximate surface area is 142 Å². The summed E-state index contributed by atoms with van der Waals surface area (Å²) in [7, 11) is 1.77. The Hall–Kier alpha value is -1.07. The summed E-state index contributed by atoms with van der Waals surface area (Å²) in [5, 5.41) is 3.39. The van der Waals surface area contributed by atoms with Gasteiger partial charge in [0.1, 0.15) is 5.60 Å². The smallest absolute Gasteiger partial charge is 0.410 e. The van der Waals surface area contributed by atoms with Crippen molar-refractivity contribution in [2.24, 2.45) is 0 Å². The lowest BCUT2D eigenvalue weighted by Gasteiger charge is -2.24. The van der Waals surface area contributed by atoms with Crippen LogP contribution in [-0.4, -0.2) is 36.7 Å². The molecule has 1 N–H and O–H groups in total. The van der Waals surface area contributed by atoms with Crippen LogP contribution in [0.2, 0.25) is 0 Å². The third kappa shape index (κ3) is 7.27. The van der Waals surface area contributed by atoms with Crippen LogP contribution in [0.5, 0.6) is 0 Å². The lowest BCUT2D eigenvalue weighted by molar-refractivity contribution is 0.0297. The fourth-order valence-corrected chi connectivity index (χ4v) is 2.28. The molecule has 0 aliphatic rings. The van der Waals surface area contributed by atoms with Gasteiger partial charge in [0.25, 0.3) is 0 Å². The van der Waals surface area contributed by atoms with E-state index in [0.717, 1.165) is 24.0 Å². The number of halogens is 1. The van der Waals surface area contributed by atoms with Crippen molar-refractivity contribution < 1.29 is 9.53 Å². The Bertz CT molecular complexity index is 498. The molecule has 0 bridgehead atoms. The van der Waals surface area contributed by atoms with E-state index in [1.165, 1.54) is 11.1 Å². The molecular weight excluding hydrogens is 344 g/mol. The van der Waals surface area contributed by atoms with E-state index in [-0.39, 0.29) is 6.09 Å². The molecule has 0 saturated carbocycles. The van der Waals surface area contributed by atoms with Gasteiger partial charge in [0.15, 0.2) is 0 Å². The minimum atomic E-state index is -0.442. The highest BCUT2D eigenvalue weighted by Crippen LogP contribution is 2.17. The normalized spacial score (nSPS) is 11.4. The topological polar surface area (TPSA) is 41.6 Å². The summed E-state index contributed by atoms with van der Waals surface area (Å²) in [6.45, 7) is 10.1. The predicted octanol–water partition coefficient (Wildman–Crippen LogP) is 4.10. The zero-order valence-corrected chi connectivity index (χ0v) is 15.8. The average molecular weight is 371 g/mol. The standard InChI is InChI=1S/C17H27BrN2O2/c1-13-7-8-14(11-15(13)18)12-19-9-6-10-20(5)16(21)22-17(2,3)4/h7-8,11,19H,6,9-10,12H2,1-5H3. The van der Waals surface area contributed by atoms with E-state index in [9.17, 15) is 4.79 Å². The summed E-state index contributed by atoms with van der Waals surface area (Å²) in [5.41, 5.74) is 2.04. The van der Waals surface area contributed by atoms with Crippen LogP contribution in [0.4, 0.5) is 4.79 Å². The number of hydrogen-bond acceptors (Lipinski definition) is 3. The zero-order chi connectivity index (χ0) is 16.8. The highest BCUT2D eigenvalue weighted by Gasteiger charge is 2.18. The molecule has 0 atom stereocenters. The quantitative estimate of drug-likeness (QED) is 0.766.